The van der Waals surface area contributed by atoms with Crippen molar-refractivity contribution in [2.24, 2.45) is 5.41 Å². The van der Waals surface area contributed by atoms with Gasteiger partial charge in [0.05, 0.1) is 6.61 Å². The van der Waals surface area contributed by atoms with Crippen molar-refractivity contribution in [3.8, 4) is 0 Å². The first kappa shape index (κ1) is 22.4. The molecule has 1 aromatic heterocycles. The zero-order valence-corrected chi connectivity index (χ0v) is 17.8. The van der Waals surface area contributed by atoms with Crippen molar-refractivity contribution in [2.45, 2.75) is 86.6 Å². The quantitative estimate of drug-likeness (QED) is 0.545. The molecule has 5 nitrogen and oxygen atoms in total. The average molecular weight is 364 g/mol. The van der Waals surface area contributed by atoms with Crippen LogP contribution in [0, 0.1) is 5.41 Å². The SMILES string of the molecule is CCCc1ncc(C(=O)OCC)c(N(CCC(C)(C)C)C(C)CCC)n1. The standard InChI is InChI=1S/C21H37N3O2/c1-8-11-16(4)24(14-13-21(5,6)7)19-17(20(25)26-10-3)15-22-18(23-19)12-9-2/h15-16H,8-14H2,1-7H3. The van der Waals surface area contributed by atoms with Crippen molar-refractivity contribution >= 4 is 11.8 Å². The highest BCUT2D eigenvalue weighted by Crippen LogP contribution is 2.27. The molecule has 26 heavy (non-hydrogen) atoms. The lowest BCUT2D eigenvalue weighted by Gasteiger charge is -2.34. The Bertz CT molecular complexity index is 567. The molecular formula is C21H37N3O2. The molecule has 1 rings (SSSR count). The predicted octanol–water partition coefficient (Wildman–Crippen LogP) is 5.04. The molecule has 0 saturated heterocycles. The lowest BCUT2D eigenvalue weighted by atomic mass is 9.91. The molecule has 0 aromatic carbocycles. The largest absolute Gasteiger partial charge is 0.462 e. The first-order chi connectivity index (χ1) is 12.2. The van der Waals surface area contributed by atoms with Gasteiger partial charge in [-0.2, -0.15) is 0 Å². The Morgan fingerprint density at radius 1 is 1.23 bits per heavy atom. The van der Waals surface area contributed by atoms with Crippen molar-refractivity contribution in [2.75, 3.05) is 18.1 Å². The van der Waals surface area contributed by atoms with Crippen LogP contribution in [0.5, 0.6) is 0 Å². The summed E-state index contributed by atoms with van der Waals surface area (Å²) < 4.78 is 5.26. The number of anilines is 1. The van der Waals surface area contributed by atoms with Crippen LogP contribution in [-0.4, -0.2) is 35.1 Å². The molecule has 148 valence electrons. The van der Waals surface area contributed by atoms with Gasteiger partial charge in [-0.05, 0) is 38.5 Å². The zero-order chi connectivity index (χ0) is 19.7. The Kier molecular flexibility index (Phi) is 9.03. The molecule has 0 aliphatic rings. The van der Waals surface area contributed by atoms with Gasteiger partial charge in [0.1, 0.15) is 17.2 Å². The fraction of sp³-hybridized carbons (Fsp3) is 0.762. The van der Waals surface area contributed by atoms with E-state index in [-0.39, 0.29) is 11.4 Å². The van der Waals surface area contributed by atoms with Gasteiger partial charge >= 0.3 is 5.97 Å². The van der Waals surface area contributed by atoms with Crippen LogP contribution in [0.3, 0.4) is 0 Å². The van der Waals surface area contributed by atoms with Gasteiger partial charge in [0, 0.05) is 25.2 Å². The summed E-state index contributed by atoms with van der Waals surface area (Å²) >= 11 is 0. The number of hydrogen-bond acceptors (Lipinski definition) is 5. The number of aromatic nitrogens is 2. The normalized spacial score (nSPS) is 12.7. The second-order valence-electron chi connectivity index (χ2n) is 8.14. The summed E-state index contributed by atoms with van der Waals surface area (Å²) in [7, 11) is 0. The van der Waals surface area contributed by atoms with Crippen LogP contribution in [-0.2, 0) is 11.2 Å². The summed E-state index contributed by atoms with van der Waals surface area (Å²) in [4.78, 5) is 23.9. The van der Waals surface area contributed by atoms with Gasteiger partial charge in [-0.3, -0.25) is 0 Å². The first-order valence-electron chi connectivity index (χ1n) is 10.0. The van der Waals surface area contributed by atoms with E-state index in [1.165, 1.54) is 0 Å². The van der Waals surface area contributed by atoms with Crippen molar-refractivity contribution in [3.63, 3.8) is 0 Å². The van der Waals surface area contributed by atoms with Crippen LogP contribution in [0.15, 0.2) is 6.20 Å². The molecule has 1 heterocycles. The lowest BCUT2D eigenvalue weighted by molar-refractivity contribution is 0.0526. The molecule has 5 heteroatoms. The van der Waals surface area contributed by atoms with E-state index in [1.807, 2.05) is 6.92 Å². The van der Waals surface area contributed by atoms with E-state index >= 15 is 0 Å². The number of esters is 1. The van der Waals surface area contributed by atoms with Gasteiger partial charge in [0.15, 0.2) is 0 Å². The Hall–Kier alpha value is -1.65. The fourth-order valence-corrected chi connectivity index (χ4v) is 2.89. The number of carbonyl (C=O) groups is 1. The van der Waals surface area contributed by atoms with Crippen molar-refractivity contribution in [1.29, 1.82) is 0 Å². The van der Waals surface area contributed by atoms with Crippen LogP contribution >= 0.6 is 0 Å². The summed E-state index contributed by atoms with van der Waals surface area (Å²) in [5.74, 6) is 1.18. The minimum atomic E-state index is -0.338. The van der Waals surface area contributed by atoms with E-state index in [0.29, 0.717) is 18.2 Å². The Balaban J connectivity index is 3.32. The number of ether oxygens (including phenoxy) is 1. The average Bonchev–Trinajstić information content (AvgIpc) is 2.55. The van der Waals surface area contributed by atoms with Gasteiger partial charge in [-0.1, -0.05) is 41.0 Å². The summed E-state index contributed by atoms with van der Waals surface area (Å²) in [6.07, 6.45) is 6.61. The zero-order valence-electron chi connectivity index (χ0n) is 17.8. The molecular weight excluding hydrogens is 326 g/mol. The van der Waals surface area contributed by atoms with E-state index in [1.54, 1.807) is 6.20 Å². The first-order valence-corrected chi connectivity index (χ1v) is 10.0. The van der Waals surface area contributed by atoms with E-state index in [0.717, 1.165) is 50.3 Å². The molecule has 0 radical (unpaired) electrons. The highest BCUT2D eigenvalue weighted by molar-refractivity contribution is 5.94. The Morgan fingerprint density at radius 2 is 1.92 bits per heavy atom. The minimum absolute atomic E-state index is 0.216. The van der Waals surface area contributed by atoms with Gasteiger partial charge in [0.25, 0.3) is 0 Å². The van der Waals surface area contributed by atoms with Crippen molar-refractivity contribution < 1.29 is 9.53 Å². The summed E-state index contributed by atoms with van der Waals surface area (Å²) in [6, 6.07) is 0.305. The smallest absolute Gasteiger partial charge is 0.343 e. The number of aryl methyl sites for hydroxylation is 1. The lowest BCUT2D eigenvalue weighted by Crippen LogP contribution is -2.37. The molecule has 0 aliphatic heterocycles. The Morgan fingerprint density at radius 3 is 2.46 bits per heavy atom. The van der Waals surface area contributed by atoms with Gasteiger partial charge in [-0.25, -0.2) is 14.8 Å². The van der Waals surface area contributed by atoms with E-state index < -0.39 is 0 Å². The van der Waals surface area contributed by atoms with E-state index in [2.05, 4.69) is 51.4 Å². The molecule has 0 aliphatic carbocycles. The van der Waals surface area contributed by atoms with E-state index in [9.17, 15) is 4.79 Å². The number of nitrogens with zero attached hydrogens (tertiary/aromatic N) is 3. The fourth-order valence-electron chi connectivity index (χ4n) is 2.89. The van der Waals surface area contributed by atoms with Crippen molar-refractivity contribution in [1.82, 2.24) is 9.97 Å². The maximum atomic E-state index is 12.5. The monoisotopic (exact) mass is 363 g/mol. The van der Waals surface area contributed by atoms with Gasteiger partial charge in [0.2, 0.25) is 0 Å². The maximum Gasteiger partial charge on any atom is 0.343 e. The van der Waals surface area contributed by atoms with Crippen LogP contribution in [0.1, 0.15) is 90.3 Å². The second kappa shape index (κ2) is 10.5. The minimum Gasteiger partial charge on any atom is -0.462 e. The molecule has 0 amide bonds. The highest BCUT2D eigenvalue weighted by atomic mass is 16.5. The van der Waals surface area contributed by atoms with Gasteiger partial charge in [-0.15, -0.1) is 0 Å². The van der Waals surface area contributed by atoms with Crippen molar-refractivity contribution in [3.05, 3.63) is 17.6 Å². The summed E-state index contributed by atoms with van der Waals surface area (Å²) in [5.41, 5.74) is 0.691. The number of hydrogen-bond donors (Lipinski definition) is 0. The predicted molar refractivity (Wildman–Crippen MR) is 108 cm³/mol. The summed E-state index contributed by atoms with van der Waals surface area (Å²) in [5, 5.41) is 0. The third-order valence-corrected chi connectivity index (χ3v) is 4.40. The van der Waals surface area contributed by atoms with Crippen LogP contribution in [0.4, 0.5) is 5.82 Å². The number of carbonyl (C=O) groups excluding carboxylic acids is 1. The molecule has 0 N–H and O–H groups in total. The summed E-state index contributed by atoms with van der Waals surface area (Å²) in [6.45, 7) is 16.3. The molecule has 1 unspecified atom stereocenters. The molecule has 1 atom stereocenters. The highest BCUT2D eigenvalue weighted by Gasteiger charge is 2.25. The molecule has 0 spiro atoms. The van der Waals surface area contributed by atoms with E-state index in [4.69, 9.17) is 9.72 Å². The number of rotatable bonds is 10. The van der Waals surface area contributed by atoms with Gasteiger partial charge < -0.3 is 9.64 Å². The molecule has 0 fully saturated rings. The van der Waals surface area contributed by atoms with Crippen LogP contribution in [0.2, 0.25) is 0 Å². The maximum absolute atomic E-state index is 12.5. The third kappa shape index (κ3) is 6.93. The third-order valence-electron chi connectivity index (χ3n) is 4.40. The Labute approximate surface area is 159 Å². The second-order valence-corrected chi connectivity index (χ2v) is 8.14. The molecule has 1 aromatic rings. The van der Waals surface area contributed by atoms with Crippen LogP contribution < -0.4 is 4.90 Å². The van der Waals surface area contributed by atoms with Crippen LogP contribution in [0.25, 0.3) is 0 Å². The molecule has 0 saturated carbocycles. The molecule has 0 bridgehead atoms. The topological polar surface area (TPSA) is 55.3 Å².